The van der Waals surface area contributed by atoms with Gasteiger partial charge in [0.25, 0.3) is 0 Å². The minimum absolute atomic E-state index is 0.138. The van der Waals surface area contributed by atoms with Gasteiger partial charge in [0.2, 0.25) is 5.91 Å². The summed E-state index contributed by atoms with van der Waals surface area (Å²) in [5, 5.41) is 12.2. The van der Waals surface area contributed by atoms with Crippen molar-refractivity contribution >= 4 is 23.4 Å². The van der Waals surface area contributed by atoms with E-state index in [0.717, 1.165) is 17.1 Å². The molecule has 172 valence electrons. The largest absolute Gasteiger partial charge is 0.497 e. The number of hydrogen-bond acceptors (Lipinski definition) is 6. The van der Waals surface area contributed by atoms with E-state index in [4.69, 9.17) is 9.47 Å². The standard InChI is InChI=1S/C26H24N4O3S/c1-3-17-30-25(19-9-13-21(32-2)14-10-19)28-29-26(30)34-18-24(31)27-20-11-15-23(16-12-20)33-22-7-5-4-6-8-22/h3-16H,1,17-18H2,2H3,(H,27,31). The number of amides is 1. The van der Waals surface area contributed by atoms with Gasteiger partial charge in [-0.2, -0.15) is 0 Å². The summed E-state index contributed by atoms with van der Waals surface area (Å²) >= 11 is 1.32. The number of aromatic nitrogens is 3. The van der Waals surface area contributed by atoms with E-state index in [1.165, 1.54) is 11.8 Å². The average Bonchev–Trinajstić information content (AvgIpc) is 3.27. The van der Waals surface area contributed by atoms with Crippen LogP contribution in [0.25, 0.3) is 11.4 Å². The van der Waals surface area contributed by atoms with E-state index < -0.39 is 0 Å². The lowest BCUT2D eigenvalue weighted by atomic mass is 10.2. The number of benzene rings is 3. The molecule has 4 aromatic rings. The molecular formula is C26H24N4O3S. The second-order valence-corrected chi connectivity index (χ2v) is 8.15. The molecule has 4 rings (SSSR count). The zero-order chi connectivity index (χ0) is 23.8. The highest BCUT2D eigenvalue weighted by molar-refractivity contribution is 7.99. The molecule has 0 saturated carbocycles. The van der Waals surface area contributed by atoms with Crippen LogP contribution >= 0.6 is 11.8 Å². The first-order chi connectivity index (χ1) is 16.7. The van der Waals surface area contributed by atoms with Gasteiger partial charge >= 0.3 is 0 Å². The molecule has 8 heteroatoms. The van der Waals surface area contributed by atoms with Gasteiger partial charge in [-0.1, -0.05) is 36.0 Å². The van der Waals surface area contributed by atoms with Gasteiger partial charge in [-0.05, 0) is 60.7 Å². The molecule has 1 N–H and O–H groups in total. The summed E-state index contributed by atoms with van der Waals surface area (Å²) in [5.41, 5.74) is 1.60. The Bertz CT molecular complexity index is 1240. The zero-order valence-corrected chi connectivity index (χ0v) is 19.5. The van der Waals surface area contributed by atoms with Crippen LogP contribution in [-0.4, -0.2) is 33.5 Å². The third-order valence-electron chi connectivity index (χ3n) is 4.83. The summed E-state index contributed by atoms with van der Waals surface area (Å²) in [6.07, 6.45) is 1.78. The molecule has 34 heavy (non-hydrogen) atoms. The maximum atomic E-state index is 12.5. The van der Waals surface area contributed by atoms with Crippen LogP contribution in [0, 0.1) is 0 Å². The van der Waals surface area contributed by atoms with Gasteiger partial charge in [0.15, 0.2) is 11.0 Å². The number of methoxy groups -OCH3 is 1. The molecule has 0 atom stereocenters. The number of nitrogens with zero attached hydrogens (tertiary/aromatic N) is 3. The van der Waals surface area contributed by atoms with Crippen LogP contribution in [0.1, 0.15) is 0 Å². The first-order valence-electron chi connectivity index (χ1n) is 10.6. The van der Waals surface area contributed by atoms with Gasteiger partial charge in [0.1, 0.15) is 17.2 Å². The molecule has 0 saturated heterocycles. The van der Waals surface area contributed by atoms with Crippen molar-refractivity contribution in [1.29, 1.82) is 0 Å². The molecule has 1 amide bonds. The van der Waals surface area contributed by atoms with Gasteiger partial charge in [-0.15, -0.1) is 16.8 Å². The Kier molecular flexibility index (Phi) is 7.62. The van der Waals surface area contributed by atoms with Crippen molar-refractivity contribution in [3.05, 3.63) is 91.5 Å². The third-order valence-corrected chi connectivity index (χ3v) is 5.79. The van der Waals surface area contributed by atoms with Crippen LogP contribution in [-0.2, 0) is 11.3 Å². The number of nitrogens with one attached hydrogen (secondary N) is 1. The van der Waals surface area contributed by atoms with Crippen LogP contribution in [0.2, 0.25) is 0 Å². The van der Waals surface area contributed by atoms with Crippen molar-refractivity contribution in [2.24, 2.45) is 0 Å². The number of thioether (sulfide) groups is 1. The molecule has 0 aliphatic heterocycles. The highest BCUT2D eigenvalue weighted by atomic mass is 32.2. The Morgan fingerprint density at radius 2 is 1.65 bits per heavy atom. The Balaban J connectivity index is 1.37. The van der Waals surface area contributed by atoms with Gasteiger partial charge in [-0.3, -0.25) is 9.36 Å². The van der Waals surface area contributed by atoms with Crippen LogP contribution in [0.15, 0.2) is 96.7 Å². The van der Waals surface area contributed by atoms with Crippen LogP contribution in [0.5, 0.6) is 17.2 Å². The summed E-state index contributed by atoms with van der Waals surface area (Å²) < 4.78 is 12.9. The second-order valence-electron chi connectivity index (χ2n) is 7.21. The summed E-state index contributed by atoms with van der Waals surface area (Å²) in [6, 6.07) is 24.4. The molecule has 0 fully saturated rings. The Hall–Kier alpha value is -4.04. The fraction of sp³-hybridized carbons (Fsp3) is 0.115. The first-order valence-corrected chi connectivity index (χ1v) is 11.6. The summed E-state index contributed by atoms with van der Waals surface area (Å²) in [4.78, 5) is 12.5. The van der Waals surface area contributed by atoms with Crippen molar-refractivity contribution in [3.63, 3.8) is 0 Å². The molecule has 0 bridgehead atoms. The molecule has 0 aliphatic carbocycles. The number of rotatable bonds is 10. The van der Waals surface area contributed by atoms with E-state index >= 15 is 0 Å². The number of ether oxygens (including phenoxy) is 2. The molecular weight excluding hydrogens is 448 g/mol. The Morgan fingerprint density at radius 1 is 0.971 bits per heavy atom. The van der Waals surface area contributed by atoms with E-state index in [1.807, 2.05) is 83.4 Å². The first kappa shape index (κ1) is 23.1. The van der Waals surface area contributed by atoms with Crippen molar-refractivity contribution in [2.75, 3.05) is 18.2 Å². The SMILES string of the molecule is C=CCn1c(SCC(=O)Nc2ccc(Oc3ccccc3)cc2)nnc1-c1ccc(OC)cc1. The number of hydrogen-bond donors (Lipinski definition) is 1. The van der Waals surface area contributed by atoms with E-state index in [2.05, 4.69) is 22.1 Å². The summed E-state index contributed by atoms with van der Waals surface area (Å²) in [7, 11) is 1.63. The van der Waals surface area contributed by atoms with Gasteiger partial charge in [0.05, 0.1) is 12.9 Å². The number of para-hydroxylation sites is 1. The van der Waals surface area contributed by atoms with E-state index in [9.17, 15) is 4.79 Å². The Labute approximate surface area is 202 Å². The molecule has 0 aliphatic rings. The monoisotopic (exact) mass is 472 g/mol. The number of anilines is 1. The molecule has 0 radical (unpaired) electrons. The topological polar surface area (TPSA) is 78.3 Å². The fourth-order valence-corrected chi connectivity index (χ4v) is 3.95. The smallest absolute Gasteiger partial charge is 0.234 e. The van der Waals surface area contributed by atoms with E-state index in [1.54, 1.807) is 13.2 Å². The van der Waals surface area contributed by atoms with Crippen molar-refractivity contribution < 1.29 is 14.3 Å². The summed E-state index contributed by atoms with van der Waals surface area (Å²) in [5.74, 6) is 2.99. The minimum atomic E-state index is -0.138. The summed E-state index contributed by atoms with van der Waals surface area (Å²) in [6.45, 7) is 4.36. The molecule has 0 unspecified atom stereocenters. The molecule has 7 nitrogen and oxygen atoms in total. The van der Waals surface area contributed by atoms with Crippen molar-refractivity contribution in [3.8, 4) is 28.6 Å². The molecule has 1 heterocycles. The molecule has 3 aromatic carbocycles. The minimum Gasteiger partial charge on any atom is -0.497 e. The lowest BCUT2D eigenvalue weighted by Gasteiger charge is -2.09. The fourth-order valence-electron chi connectivity index (χ4n) is 3.20. The normalized spacial score (nSPS) is 10.5. The third kappa shape index (κ3) is 5.85. The van der Waals surface area contributed by atoms with E-state index in [-0.39, 0.29) is 11.7 Å². The number of carbonyl (C=O) groups excluding carboxylic acids is 1. The van der Waals surface area contributed by atoms with Gasteiger partial charge in [0, 0.05) is 17.8 Å². The Morgan fingerprint density at radius 3 is 2.32 bits per heavy atom. The average molecular weight is 473 g/mol. The van der Waals surface area contributed by atoms with Gasteiger partial charge in [-0.25, -0.2) is 0 Å². The predicted molar refractivity (Wildman–Crippen MR) is 135 cm³/mol. The highest BCUT2D eigenvalue weighted by Gasteiger charge is 2.15. The number of allylic oxidation sites excluding steroid dienone is 1. The molecule has 1 aromatic heterocycles. The molecule has 0 spiro atoms. The van der Waals surface area contributed by atoms with E-state index in [0.29, 0.717) is 29.0 Å². The quantitative estimate of drug-likeness (QED) is 0.237. The number of carbonyl (C=O) groups is 1. The van der Waals surface area contributed by atoms with Gasteiger partial charge < -0.3 is 14.8 Å². The van der Waals surface area contributed by atoms with Crippen LogP contribution in [0.3, 0.4) is 0 Å². The highest BCUT2D eigenvalue weighted by Crippen LogP contribution is 2.26. The maximum Gasteiger partial charge on any atom is 0.234 e. The van der Waals surface area contributed by atoms with Crippen LogP contribution < -0.4 is 14.8 Å². The maximum absolute atomic E-state index is 12.5. The van der Waals surface area contributed by atoms with Crippen molar-refractivity contribution in [1.82, 2.24) is 14.8 Å². The predicted octanol–water partition coefficient (Wildman–Crippen LogP) is 5.66. The lowest BCUT2D eigenvalue weighted by Crippen LogP contribution is -2.14. The zero-order valence-electron chi connectivity index (χ0n) is 18.7. The van der Waals surface area contributed by atoms with Crippen molar-refractivity contribution in [2.45, 2.75) is 11.7 Å². The lowest BCUT2D eigenvalue weighted by molar-refractivity contribution is -0.113. The second kappa shape index (κ2) is 11.2. The van der Waals surface area contributed by atoms with Crippen LogP contribution in [0.4, 0.5) is 5.69 Å².